The van der Waals surface area contributed by atoms with E-state index in [2.05, 4.69) is 5.32 Å². The van der Waals surface area contributed by atoms with Gasteiger partial charge in [-0.1, -0.05) is 42.0 Å². The molecule has 2 amide bonds. The molecule has 0 radical (unpaired) electrons. The first kappa shape index (κ1) is 24.7. The van der Waals surface area contributed by atoms with Crippen LogP contribution in [0, 0.1) is 6.92 Å². The molecular formula is C24H32N4O4S. The largest absolute Gasteiger partial charge is 0.378 e. The van der Waals surface area contributed by atoms with Crippen molar-refractivity contribution in [1.29, 1.82) is 0 Å². The number of sulfonamides is 1. The summed E-state index contributed by atoms with van der Waals surface area (Å²) in [7, 11) is 0.239. The second kappa shape index (κ2) is 9.52. The molecule has 33 heavy (non-hydrogen) atoms. The van der Waals surface area contributed by atoms with Crippen LogP contribution in [-0.2, 0) is 32.7 Å². The maximum absolute atomic E-state index is 13.4. The van der Waals surface area contributed by atoms with Crippen molar-refractivity contribution in [1.82, 2.24) is 14.5 Å². The molecule has 2 aromatic rings. The van der Waals surface area contributed by atoms with Gasteiger partial charge >= 0.3 is 0 Å². The van der Waals surface area contributed by atoms with Crippen LogP contribution in [0.15, 0.2) is 48.5 Å². The number of benzene rings is 2. The number of piperazine rings is 1. The van der Waals surface area contributed by atoms with E-state index in [0.29, 0.717) is 0 Å². The van der Waals surface area contributed by atoms with E-state index in [0.717, 1.165) is 32.9 Å². The first-order chi connectivity index (χ1) is 15.4. The molecule has 1 aliphatic rings. The lowest BCUT2D eigenvalue weighted by molar-refractivity contribution is -0.153. The highest BCUT2D eigenvalue weighted by Crippen LogP contribution is 2.27. The highest BCUT2D eigenvalue weighted by molar-refractivity contribution is 7.88. The molecule has 1 N–H and O–H groups in total. The number of rotatable bonds is 7. The quantitative estimate of drug-likeness (QED) is 0.663. The molecule has 9 heteroatoms. The molecule has 0 bridgehead atoms. The van der Waals surface area contributed by atoms with Crippen LogP contribution >= 0.6 is 0 Å². The van der Waals surface area contributed by atoms with Gasteiger partial charge in [0, 0.05) is 39.4 Å². The van der Waals surface area contributed by atoms with Crippen molar-refractivity contribution >= 4 is 27.5 Å². The Bertz CT molecular complexity index is 1110. The number of carbonyl (C=O) groups excluding carboxylic acids is 2. The van der Waals surface area contributed by atoms with E-state index in [-0.39, 0.29) is 26.2 Å². The zero-order chi connectivity index (χ0) is 24.4. The van der Waals surface area contributed by atoms with Gasteiger partial charge in [0.05, 0.1) is 12.8 Å². The molecule has 3 rings (SSSR count). The zero-order valence-corrected chi connectivity index (χ0v) is 20.6. The summed E-state index contributed by atoms with van der Waals surface area (Å²) in [5.74, 6) is -0.800. The Morgan fingerprint density at radius 1 is 1.06 bits per heavy atom. The van der Waals surface area contributed by atoms with Gasteiger partial charge in [-0.25, -0.2) is 8.42 Å². The Morgan fingerprint density at radius 2 is 1.64 bits per heavy atom. The van der Waals surface area contributed by atoms with Crippen molar-refractivity contribution in [2.45, 2.75) is 32.5 Å². The summed E-state index contributed by atoms with van der Waals surface area (Å²) in [6.45, 7) is 3.72. The van der Waals surface area contributed by atoms with Gasteiger partial charge in [0.1, 0.15) is 5.54 Å². The number of aryl methyl sites for hydroxylation is 1. The van der Waals surface area contributed by atoms with E-state index in [1.54, 1.807) is 6.92 Å². The predicted octanol–water partition coefficient (Wildman–Crippen LogP) is 1.74. The Kier molecular flexibility index (Phi) is 7.14. The Morgan fingerprint density at radius 3 is 2.18 bits per heavy atom. The van der Waals surface area contributed by atoms with Gasteiger partial charge in [-0.3, -0.25) is 9.59 Å². The minimum Gasteiger partial charge on any atom is -0.378 e. The second-order valence-corrected chi connectivity index (χ2v) is 11.0. The van der Waals surface area contributed by atoms with Crippen molar-refractivity contribution in [3.63, 3.8) is 0 Å². The number of amides is 2. The molecule has 1 aliphatic heterocycles. The molecule has 1 atom stereocenters. The summed E-state index contributed by atoms with van der Waals surface area (Å²) in [6.07, 6.45) is 1.06. The van der Waals surface area contributed by atoms with Crippen LogP contribution in [0.1, 0.15) is 23.6 Å². The highest BCUT2D eigenvalue weighted by Gasteiger charge is 2.49. The molecule has 0 aromatic heterocycles. The third-order valence-electron chi connectivity index (χ3n) is 6.02. The molecule has 8 nitrogen and oxygen atoms in total. The molecule has 2 aromatic carbocycles. The smallest absolute Gasteiger partial charge is 0.247 e. The Balaban J connectivity index is 1.87. The summed E-state index contributed by atoms with van der Waals surface area (Å²) in [5.41, 5.74) is 2.56. The lowest BCUT2D eigenvalue weighted by Gasteiger charge is -2.46. The van der Waals surface area contributed by atoms with Gasteiger partial charge in [0.25, 0.3) is 0 Å². The third-order valence-corrected chi connectivity index (χ3v) is 7.21. The number of nitrogens with zero attached hydrogens (tertiary/aromatic N) is 3. The Hall–Kier alpha value is -2.91. The molecule has 0 saturated carbocycles. The zero-order valence-electron chi connectivity index (χ0n) is 19.8. The topological polar surface area (TPSA) is 90.0 Å². The Labute approximate surface area is 196 Å². The van der Waals surface area contributed by atoms with E-state index < -0.39 is 27.4 Å². The minimum absolute atomic E-state index is 0.104. The lowest BCUT2D eigenvalue weighted by Crippen LogP contribution is -2.69. The van der Waals surface area contributed by atoms with Crippen LogP contribution < -0.4 is 10.2 Å². The van der Waals surface area contributed by atoms with Crippen LogP contribution in [0.2, 0.25) is 0 Å². The van der Waals surface area contributed by atoms with Crippen LogP contribution in [0.5, 0.6) is 0 Å². The van der Waals surface area contributed by atoms with Crippen LogP contribution in [-0.4, -0.2) is 68.4 Å². The van der Waals surface area contributed by atoms with E-state index in [4.69, 9.17) is 0 Å². The van der Waals surface area contributed by atoms with E-state index in [9.17, 15) is 18.0 Å². The summed E-state index contributed by atoms with van der Waals surface area (Å²) in [4.78, 5) is 29.9. The summed E-state index contributed by atoms with van der Waals surface area (Å²) in [6, 6.07) is 15.5. The van der Waals surface area contributed by atoms with Gasteiger partial charge in [0.2, 0.25) is 21.8 Å². The third kappa shape index (κ3) is 5.72. The molecular weight excluding hydrogens is 440 g/mol. The fourth-order valence-electron chi connectivity index (χ4n) is 3.85. The maximum Gasteiger partial charge on any atom is 0.247 e. The predicted molar refractivity (Wildman–Crippen MR) is 129 cm³/mol. The van der Waals surface area contributed by atoms with Crippen molar-refractivity contribution in [2.24, 2.45) is 0 Å². The lowest BCUT2D eigenvalue weighted by atomic mass is 9.94. The second-order valence-electron chi connectivity index (χ2n) is 9.01. The number of carbonyl (C=O) groups is 2. The van der Waals surface area contributed by atoms with Gasteiger partial charge in [0.15, 0.2) is 0 Å². The van der Waals surface area contributed by atoms with Crippen molar-refractivity contribution < 1.29 is 18.0 Å². The number of hydrogen-bond donors (Lipinski definition) is 1. The standard InChI is InChI=1S/C24H32N4O4S/c1-18-6-8-19(9-7-18)14-25-23(30)24(2)17-27(33(5,31)32)16-22(29)28(24)15-20-10-12-21(13-11-20)26(3)4/h6-13H,14-17H2,1-5H3,(H,25,30)/t24-/m1/s1. The molecule has 0 aliphatic carbocycles. The van der Waals surface area contributed by atoms with Crippen LogP contribution in [0.3, 0.4) is 0 Å². The molecule has 1 saturated heterocycles. The summed E-state index contributed by atoms with van der Waals surface area (Å²) < 4.78 is 25.6. The normalized spacial score (nSPS) is 19.4. The molecule has 1 heterocycles. The fraction of sp³-hybridized carbons (Fsp3) is 0.417. The SMILES string of the molecule is Cc1ccc(CNC(=O)[C@@]2(C)CN(S(C)(=O)=O)CC(=O)N2Cc2ccc(N(C)C)cc2)cc1. The van der Waals surface area contributed by atoms with Crippen LogP contribution in [0.25, 0.3) is 0 Å². The highest BCUT2D eigenvalue weighted by atomic mass is 32.2. The van der Waals surface area contributed by atoms with Crippen molar-refractivity contribution in [3.8, 4) is 0 Å². The number of nitrogens with one attached hydrogen (secondary N) is 1. The molecule has 0 unspecified atom stereocenters. The monoisotopic (exact) mass is 472 g/mol. The fourth-order valence-corrected chi connectivity index (χ4v) is 4.68. The van der Waals surface area contributed by atoms with Gasteiger partial charge < -0.3 is 15.1 Å². The van der Waals surface area contributed by atoms with Crippen molar-refractivity contribution in [2.75, 3.05) is 38.3 Å². The van der Waals surface area contributed by atoms with Crippen molar-refractivity contribution in [3.05, 3.63) is 65.2 Å². The van der Waals surface area contributed by atoms with E-state index >= 15 is 0 Å². The number of anilines is 1. The van der Waals surface area contributed by atoms with Crippen LogP contribution in [0.4, 0.5) is 5.69 Å². The maximum atomic E-state index is 13.4. The minimum atomic E-state index is -3.65. The van der Waals surface area contributed by atoms with Gasteiger partial charge in [-0.2, -0.15) is 4.31 Å². The van der Waals surface area contributed by atoms with E-state index in [1.807, 2.05) is 74.4 Å². The first-order valence-corrected chi connectivity index (χ1v) is 12.6. The van der Waals surface area contributed by atoms with Gasteiger partial charge in [-0.05, 0) is 37.1 Å². The van der Waals surface area contributed by atoms with Gasteiger partial charge in [-0.15, -0.1) is 0 Å². The van der Waals surface area contributed by atoms with E-state index in [1.165, 1.54) is 4.90 Å². The first-order valence-electron chi connectivity index (χ1n) is 10.8. The molecule has 0 spiro atoms. The number of hydrogen-bond acceptors (Lipinski definition) is 5. The summed E-state index contributed by atoms with van der Waals surface area (Å²) >= 11 is 0. The average molecular weight is 473 g/mol. The molecule has 1 fully saturated rings. The summed E-state index contributed by atoms with van der Waals surface area (Å²) in [5, 5.41) is 2.90. The average Bonchev–Trinajstić information content (AvgIpc) is 2.75. The molecule has 178 valence electrons.